The summed E-state index contributed by atoms with van der Waals surface area (Å²) in [6.07, 6.45) is 0.844. The molecule has 1 aromatic rings. The quantitative estimate of drug-likeness (QED) is 0.612. The molecule has 0 aliphatic carbocycles. The van der Waals surface area contributed by atoms with E-state index in [1.807, 2.05) is 13.0 Å². The number of carbonyl (C=O) groups is 1. The van der Waals surface area contributed by atoms with E-state index >= 15 is 0 Å². The van der Waals surface area contributed by atoms with Crippen LogP contribution in [-0.2, 0) is 0 Å². The van der Waals surface area contributed by atoms with Crippen LogP contribution in [0.1, 0.15) is 36.7 Å². The van der Waals surface area contributed by atoms with E-state index in [2.05, 4.69) is 33.9 Å². The van der Waals surface area contributed by atoms with Crippen molar-refractivity contribution >= 4 is 14.6 Å². The second kappa shape index (κ2) is 5.37. The summed E-state index contributed by atoms with van der Waals surface area (Å²) >= 11 is 0. The molecule has 106 valence electrons. The van der Waals surface area contributed by atoms with Gasteiger partial charge in [0.1, 0.15) is 11.5 Å². The highest BCUT2D eigenvalue weighted by atomic mass is 28.4. The SMILES string of the molecule is COc1cc(C=O)c(C)c(O[Si](C)(C)C(C)(C)C)c1. The minimum absolute atomic E-state index is 0.115. The number of aldehydes is 1. The molecule has 0 unspecified atom stereocenters. The largest absolute Gasteiger partial charge is 0.543 e. The lowest BCUT2D eigenvalue weighted by Gasteiger charge is -2.37. The van der Waals surface area contributed by atoms with Gasteiger partial charge >= 0.3 is 0 Å². The summed E-state index contributed by atoms with van der Waals surface area (Å²) in [7, 11) is -0.327. The van der Waals surface area contributed by atoms with E-state index in [0.717, 1.165) is 17.6 Å². The van der Waals surface area contributed by atoms with Crippen molar-refractivity contribution in [2.45, 2.75) is 45.8 Å². The van der Waals surface area contributed by atoms with E-state index < -0.39 is 8.32 Å². The normalized spacial score (nSPS) is 12.2. The fourth-order valence-electron chi connectivity index (χ4n) is 1.46. The van der Waals surface area contributed by atoms with E-state index in [1.165, 1.54) is 0 Å². The Morgan fingerprint density at radius 1 is 1.21 bits per heavy atom. The summed E-state index contributed by atoms with van der Waals surface area (Å²) in [5, 5.41) is 0.115. The maximum Gasteiger partial charge on any atom is 0.250 e. The molecule has 4 heteroatoms. The summed E-state index contributed by atoms with van der Waals surface area (Å²) < 4.78 is 11.5. The molecule has 1 rings (SSSR count). The molecule has 0 radical (unpaired) electrons. The summed E-state index contributed by atoms with van der Waals surface area (Å²) in [4.78, 5) is 11.1. The number of hydrogen-bond acceptors (Lipinski definition) is 3. The molecule has 0 heterocycles. The molecule has 0 saturated carbocycles. The first kappa shape index (κ1) is 15.8. The van der Waals surface area contributed by atoms with E-state index in [0.29, 0.717) is 11.3 Å². The van der Waals surface area contributed by atoms with Gasteiger partial charge < -0.3 is 9.16 Å². The summed E-state index contributed by atoms with van der Waals surface area (Å²) in [6.45, 7) is 12.9. The first-order valence-electron chi connectivity index (χ1n) is 6.45. The minimum atomic E-state index is -1.92. The Balaban J connectivity index is 3.24. The number of methoxy groups -OCH3 is 1. The van der Waals surface area contributed by atoms with Crippen molar-refractivity contribution in [2.75, 3.05) is 7.11 Å². The maximum absolute atomic E-state index is 11.1. The van der Waals surface area contributed by atoms with Crippen LogP contribution in [0.3, 0.4) is 0 Å². The zero-order chi connectivity index (χ0) is 14.8. The third-order valence-corrected chi connectivity index (χ3v) is 8.25. The molecule has 0 fully saturated rings. The zero-order valence-corrected chi connectivity index (χ0v) is 14.0. The lowest BCUT2D eigenvalue weighted by molar-refractivity contribution is 0.112. The lowest BCUT2D eigenvalue weighted by atomic mass is 10.1. The fraction of sp³-hybridized carbons (Fsp3) is 0.533. The van der Waals surface area contributed by atoms with Crippen molar-refractivity contribution in [3.63, 3.8) is 0 Å². The number of rotatable bonds is 4. The molecule has 1 aromatic carbocycles. The third kappa shape index (κ3) is 3.38. The van der Waals surface area contributed by atoms with Gasteiger partial charge in [0.15, 0.2) is 6.29 Å². The Morgan fingerprint density at radius 2 is 1.79 bits per heavy atom. The van der Waals surface area contributed by atoms with Crippen molar-refractivity contribution in [1.29, 1.82) is 0 Å². The molecule has 0 aliphatic heterocycles. The maximum atomic E-state index is 11.1. The molecule has 3 nitrogen and oxygen atoms in total. The van der Waals surface area contributed by atoms with Crippen LogP contribution in [0.4, 0.5) is 0 Å². The van der Waals surface area contributed by atoms with Gasteiger partial charge in [0.25, 0.3) is 0 Å². The molecule has 0 bridgehead atoms. The average Bonchev–Trinajstić information content (AvgIpc) is 2.30. The van der Waals surface area contributed by atoms with Crippen molar-refractivity contribution < 1.29 is 14.0 Å². The Kier molecular flexibility index (Phi) is 4.45. The summed E-state index contributed by atoms with van der Waals surface area (Å²) in [6, 6.07) is 3.60. The van der Waals surface area contributed by atoms with Crippen LogP contribution in [0.5, 0.6) is 11.5 Å². The second-order valence-corrected chi connectivity index (χ2v) is 11.0. The summed E-state index contributed by atoms with van der Waals surface area (Å²) in [5.74, 6) is 1.41. The van der Waals surface area contributed by atoms with Crippen LogP contribution in [0.2, 0.25) is 18.1 Å². The van der Waals surface area contributed by atoms with Gasteiger partial charge in [0.05, 0.1) is 7.11 Å². The minimum Gasteiger partial charge on any atom is -0.543 e. The van der Waals surface area contributed by atoms with Gasteiger partial charge in [-0.25, -0.2) is 0 Å². The van der Waals surface area contributed by atoms with Crippen LogP contribution in [0.15, 0.2) is 12.1 Å². The molecule has 0 aromatic heterocycles. The predicted octanol–water partition coefficient (Wildman–Crippen LogP) is 4.20. The van der Waals surface area contributed by atoms with Crippen molar-refractivity contribution in [3.8, 4) is 11.5 Å². The van der Waals surface area contributed by atoms with E-state index in [9.17, 15) is 4.79 Å². The Labute approximate surface area is 117 Å². The van der Waals surface area contributed by atoms with Crippen LogP contribution in [0, 0.1) is 6.92 Å². The zero-order valence-electron chi connectivity index (χ0n) is 13.0. The van der Waals surface area contributed by atoms with Gasteiger partial charge in [0, 0.05) is 17.2 Å². The average molecular weight is 280 g/mol. The van der Waals surface area contributed by atoms with Crippen LogP contribution in [-0.4, -0.2) is 21.7 Å². The summed E-state index contributed by atoms with van der Waals surface area (Å²) in [5.41, 5.74) is 1.49. The first-order chi connectivity index (χ1) is 8.62. The van der Waals surface area contributed by atoms with Gasteiger partial charge in [-0.1, -0.05) is 20.8 Å². The molecule has 0 spiro atoms. The standard InChI is InChI=1S/C15H24O3Si/c1-11-12(10-16)8-13(17-5)9-14(11)18-19(6,7)15(2,3)4/h8-10H,1-7H3. The van der Waals surface area contributed by atoms with Crippen LogP contribution >= 0.6 is 0 Å². The van der Waals surface area contributed by atoms with Gasteiger partial charge in [-0.15, -0.1) is 0 Å². The predicted molar refractivity (Wildman–Crippen MR) is 80.9 cm³/mol. The van der Waals surface area contributed by atoms with Crippen LogP contribution < -0.4 is 9.16 Å². The second-order valence-electron chi connectivity index (χ2n) is 6.32. The van der Waals surface area contributed by atoms with Gasteiger partial charge in [-0.3, -0.25) is 4.79 Å². The van der Waals surface area contributed by atoms with E-state index in [4.69, 9.17) is 9.16 Å². The Bertz CT molecular complexity index is 473. The van der Waals surface area contributed by atoms with E-state index in [1.54, 1.807) is 13.2 Å². The third-order valence-electron chi connectivity index (χ3n) is 3.91. The molecular formula is C15H24O3Si. The lowest BCUT2D eigenvalue weighted by Crippen LogP contribution is -2.44. The van der Waals surface area contributed by atoms with Crippen molar-refractivity contribution in [1.82, 2.24) is 0 Å². The molecule has 0 amide bonds. The molecule has 0 N–H and O–H groups in total. The number of carbonyl (C=O) groups excluding carboxylic acids is 1. The topological polar surface area (TPSA) is 35.5 Å². The van der Waals surface area contributed by atoms with Gasteiger partial charge in [-0.05, 0) is 31.1 Å². The van der Waals surface area contributed by atoms with Gasteiger partial charge in [0.2, 0.25) is 8.32 Å². The molecule has 0 atom stereocenters. The smallest absolute Gasteiger partial charge is 0.250 e. The highest BCUT2D eigenvalue weighted by molar-refractivity contribution is 6.74. The number of ether oxygens (including phenoxy) is 1. The monoisotopic (exact) mass is 280 g/mol. The van der Waals surface area contributed by atoms with E-state index in [-0.39, 0.29) is 5.04 Å². The first-order valence-corrected chi connectivity index (χ1v) is 9.36. The van der Waals surface area contributed by atoms with Gasteiger partial charge in [-0.2, -0.15) is 0 Å². The Morgan fingerprint density at radius 3 is 2.21 bits per heavy atom. The highest BCUT2D eigenvalue weighted by Crippen LogP contribution is 2.39. The van der Waals surface area contributed by atoms with Crippen molar-refractivity contribution in [3.05, 3.63) is 23.3 Å². The Hall–Kier alpha value is -1.29. The number of benzene rings is 1. The fourth-order valence-corrected chi connectivity index (χ4v) is 2.53. The molecule has 19 heavy (non-hydrogen) atoms. The van der Waals surface area contributed by atoms with Crippen LogP contribution in [0.25, 0.3) is 0 Å². The molecule has 0 aliphatic rings. The highest BCUT2D eigenvalue weighted by Gasteiger charge is 2.39. The van der Waals surface area contributed by atoms with Crippen molar-refractivity contribution in [2.24, 2.45) is 0 Å². The number of hydrogen-bond donors (Lipinski definition) is 0. The molecular weight excluding hydrogens is 256 g/mol. The molecule has 0 saturated heterocycles.